The number of aromatic nitrogens is 4. The molecule has 2 aromatic heterocycles. The topological polar surface area (TPSA) is 86.8 Å². The first-order valence-corrected chi connectivity index (χ1v) is 5.06. The SMILES string of the molecule is CCCc1c(C)[nH]c2c(C#N)nnn2c1=O. The fourth-order valence-corrected chi connectivity index (χ4v) is 1.70. The van der Waals surface area contributed by atoms with Gasteiger partial charge in [0.15, 0.2) is 5.65 Å². The second kappa shape index (κ2) is 3.77. The lowest BCUT2D eigenvalue weighted by Crippen LogP contribution is -2.21. The first kappa shape index (κ1) is 10.4. The molecule has 0 aromatic carbocycles. The second-order valence-electron chi connectivity index (χ2n) is 3.59. The lowest BCUT2D eigenvalue weighted by atomic mass is 10.1. The zero-order chi connectivity index (χ0) is 11.7. The molecule has 1 N–H and O–H groups in total. The Balaban J connectivity index is 2.81. The van der Waals surface area contributed by atoms with Gasteiger partial charge in [-0.25, -0.2) is 0 Å². The molecule has 0 bridgehead atoms. The number of rotatable bonds is 2. The summed E-state index contributed by atoms with van der Waals surface area (Å²) in [6.07, 6.45) is 1.58. The molecule has 82 valence electrons. The van der Waals surface area contributed by atoms with E-state index >= 15 is 0 Å². The molecule has 0 aliphatic carbocycles. The standard InChI is InChI=1S/C10H11N5O/c1-3-4-7-6(2)12-9-8(5-11)13-14-15(9)10(7)16/h12H,3-4H2,1-2H3. The van der Waals surface area contributed by atoms with Crippen LogP contribution in [0.1, 0.15) is 30.3 Å². The van der Waals surface area contributed by atoms with Gasteiger partial charge >= 0.3 is 0 Å². The molecule has 0 spiro atoms. The Morgan fingerprint density at radius 1 is 1.56 bits per heavy atom. The quantitative estimate of drug-likeness (QED) is 0.795. The van der Waals surface area contributed by atoms with E-state index < -0.39 is 0 Å². The summed E-state index contributed by atoms with van der Waals surface area (Å²) in [6, 6.07) is 1.89. The molecule has 0 aliphatic heterocycles. The van der Waals surface area contributed by atoms with Crippen molar-refractivity contribution in [2.75, 3.05) is 0 Å². The molecule has 6 nitrogen and oxygen atoms in total. The number of H-pyrrole nitrogens is 1. The van der Waals surface area contributed by atoms with Crippen LogP contribution in [-0.2, 0) is 6.42 Å². The molecule has 2 rings (SSSR count). The molecule has 6 heteroatoms. The Hall–Kier alpha value is -2.16. The van der Waals surface area contributed by atoms with Crippen LogP contribution in [0.2, 0.25) is 0 Å². The third-order valence-corrected chi connectivity index (χ3v) is 2.49. The normalized spacial score (nSPS) is 10.6. The number of aromatic amines is 1. The minimum absolute atomic E-state index is 0.142. The van der Waals surface area contributed by atoms with E-state index in [1.807, 2.05) is 19.9 Å². The molecule has 0 fully saturated rings. The molecule has 0 radical (unpaired) electrons. The van der Waals surface area contributed by atoms with Crippen LogP contribution >= 0.6 is 0 Å². The van der Waals surface area contributed by atoms with Crippen molar-refractivity contribution in [3.8, 4) is 6.07 Å². The van der Waals surface area contributed by atoms with Gasteiger partial charge in [0.2, 0.25) is 5.69 Å². The maximum atomic E-state index is 12.0. The average Bonchev–Trinajstić information content (AvgIpc) is 2.67. The molecular formula is C10H11N5O. The molecule has 0 aliphatic rings. The zero-order valence-electron chi connectivity index (χ0n) is 9.11. The molecule has 0 amide bonds. The fourth-order valence-electron chi connectivity index (χ4n) is 1.70. The van der Waals surface area contributed by atoms with Gasteiger partial charge in [-0.3, -0.25) is 4.79 Å². The van der Waals surface area contributed by atoms with Crippen LogP contribution in [-0.4, -0.2) is 19.8 Å². The van der Waals surface area contributed by atoms with Gasteiger partial charge in [-0.05, 0) is 13.3 Å². The van der Waals surface area contributed by atoms with Crippen molar-refractivity contribution in [1.82, 2.24) is 19.8 Å². The van der Waals surface area contributed by atoms with Crippen LogP contribution in [0, 0.1) is 18.3 Å². The monoisotopic (exact) mass is 217 g/mol. The van der Waals surface area contributed by atoms with Gasteiger partial charge < -0.3 is 4.98 Å². The van der Waals surface area contributed by atoms with Gasteiger partial charge in [0.25, 0.3) is 5.56 Å². The number of nitriles is 1. The van der Waals surface area contributed by atoms with Crippen LogP contribution in [0.3, 0.4) is 0 Å². The summed E-state index contributed by atoms with van der Waals surface area (Å²) in [5, 5.41) is 16.1. The highest BCUT2D eigenvalue weighted by molar-refractivity contribution is 5.50. The maximum Gasteiger partial charge on any atom is 0.279 e. The van der Waals surface area contributed by atoms with E-state index in [4.69, 9.17) is 5.26 Å². The van der Waals surface area contributed by atoms with Gasteiger partial charge in [-0.2, -0.15) is 9.78 Å². The molecule has 0 atom stereocenters. The van der Waals surface area contributed by atoms with Crippen molar-refractivity contribution in [1.29, 1.82) is 5.26 Å². The Morgan fingerprint density at radius 2 is 2.31 bits per heavy atom. The molecule has 0 unspecified atom stereocenters. The Morgan fingerprint density at radius 3 is 2.94 bits per heavy atom. The van der Waals surface area contributed by atoms with Crippen LogP contribution < -0.4 is 5.56 Å². The van der Waals surface area contributed by atoms with Gasteiger partial charge in [0, 0.05) is 11.3 Å². The fraction of sp³-hybridized carbons (Fsp3) is 0.400. The van der Waals surface area contributed by atoms with Crippen molar-refractivity contribution in [2.24, 2.45) is 0 Å². The smallest absolute Gasteiger partial charge is 0.279 e. The van der Waals surface area contributed by atoms with Crippen LogP contribution in [0.15, 0.2) is 4.79 Å². The zero-order valence-corrected chi connectivity index (χ0v) is 9.11. The Bertz CT molecular complexity index is 631. The van der Waals surface area contributed by atoms with Crippen molar-refractivity contribution in [3.63, 3.8) is 0 Å². The number of nitrogens with zero attached hydrogens (tertiary/aromatic N) is 4. The summed E-state index contributed by atoms with van der Waals surface area (Å²) in [4.78, 5) is 15.0. The summed E-state index contributed by atoms with van der Waals surface area (Å²) >= 11 is 0. The van der Waals surface area contributed by atoms with E-state index in [1.165, 1.54) is 0 Å². The van der Waals surface area contributed by atoms with E-state index in [2.05, 4.69) is 15.3 Å². The number of nitrogens with one attached hydrogen (secondary N) is 1. The van der Waals surface area contributed by atoms with E-state index in [9.17, 15) is 4.79 Å². The lowest BCUT2D eigenvalue weighted by Gasteiger charge is -2.03. The maximum absolute atomic E-state index is 12.0. The highest BCUT2D eigenvalue weighted by Gasteiger charge is 2.13. The van der Waals surface area contributed by atoms with E-state index in [-0.39, 0.29) is 11.3 Å². The summed E-state index contributed by atoms with van der Waals surface area (Å²) in [7, 11) is 0. The largest absolute Gasteiger partial charge is 0.341 e. The van der Waals surface area contributed by atoms with Gasteiger partial charge in [0.05, 0.1) is 0 Å². The number of hydrogen-bond donors (Lipinski definition) is 1. The summed E-state index contributed by atoms with van der Waals surface area (Å²) < 4.78 is 1.15. The summed E-state index contributed by atoms with van der Waals surface area (Å²) in [5.74, 6) is 0. The number of hydrogen-bond acceptors (Lipinski definition) is 4. The van der Waals surface area contributed by atoms with Crippen LogP contribution in [0.4, 0.5) is 0 Å². The summed E-state index contributed by atoms with van der Waals surface area (Å²) in [6.45, 7) is 3.83. The average molecular weight is 217 g/mol. The van der Waals surface area contributed by atoms with Gasteiger partial charge in [-0.1, -0.05) is 18.6 Å². The Labute approximate surface area is 91.5 Å². The third-order valence-electron chi connectivity index (χ3n) is 2.49. The van der Waals surface area contributed by atoms with Crippen molar-refractivity contribution < 1.29 is 0 Å². The van der Waals surface area contributed by atoms with E-state index in [1.54, 1.807) is 0 Å². The Kier molecular flexibility index (Phi) is 2.44. The predicted molar refractivity (Wildman–Crippen MR) is 57.1 cm³/mol. The lowest BCUT2D eigenvalue weighted by molar-refractivity contribution is 0.780. The predicted octanol–water partition coefficient (Wildman–Crippen LogP) is 0.550. The molecule has 2 heterocycles. The van der Waals surface area contributed by atoms with E-state index in [0.717, 1.165) is 16.6 Å². The molecule has 0 saturated heterocycles. The van der Waals surface area contributed by atoms with Gasteiger partial charge in [-0.15, -0.1) is 5.10 Å². The first-order chi connectivity index (χ1) is 7.69. The van der Waals surface area contributed by atoms with Gasteiger partial charge in [0.1, 0.15) is 6.07 Å². The second-order valence-corrected chi connectivity index (χ2v) is 3.59. The highest BCUT2D eigenvalue weighted by Crippen LogP contribution is 2.07. The molecule has 0 saturated carbocycles. The number of fused-ring (bicyclic) bond motifs is 1. The van der Waals surface area contributed by atoms with Crippen molar-refractivity contribution in [3.05, 3.63) is 27.3 Å². The highest BCUT2D eigenvalue weighted by atomic mass is 16.1. The van der Waals surface area contributed by atoms with Crippen molar-refractivity contribution in [2.45, 2.75) is 26.7 Å². The minimum atomic E-state index is -0.192. The van der Waals surface area contributed by atoms with E-state index in [0.29, 0.717) is 17.6 Å². The van der Waals surface area contributed by atoms with Crippen LogP contribution in [0.25, 0.3) is 5.65 Å². The third kappa shape index (κ3) is 1.37. The molecule has 16 heavy (non-hydrogen) atoms. The molecule has 2 aromatic rings. The number of aryl methyl sites for hydroxylation is 1. The van der Waals surface area contributed by atoms with Crippen molar-refractivity contribution >= 4 is 5.65 Å². The summed E-state index contributed by atoms with van der Waals surface area (Å²) in [5.41, 5.74) is 1.79. The first-order valence-electron chi connectivity index (χ1n) is 5.06. The minimum Gasteiger partial charge on any atom is -0.341 e. The van der Waals surface area contributed by atoms with Crippen LogP contribution in [0.5, 0.6) is 0 Å². The molecular weight excluding hydrogens is 206 g/mol.